The van der Waals surface area contributed by atoms with E-state index in [0.717, 1.165) is 16.6 Å². The molecule has 13 heavy (non-hydrogen) atoms. The van der Waals surface area contributed by atoms with Gasteiger partial charge in [0.05, 0.1) is 6.89 Å². The molecule has 0 saturated carbocycles. The molecule has 0 bridgehead atoms. The van der Waals surface area contributed by atoms with Crippen LogP contribution in [-0.2, 0) is 0 Å². The maximum atomic E-state index is 7.94. The summed E-state index contributed by atoms with van der Waals surface area (Å²) in [5.74, 6) is 0. The zero-order valence-electron chi connectivity index (χ0n) is 9.18. The third-order valence-corrected chi connectivity index (χ3v) is 3.27. The second-order valence-corrected chi connectivity index (χ2v) is 4.00. The molecule has 0 saturated heterocycles. The van der Waals surface area contributed by atoms with E-state index in [0.29, 0.717) is 6.04 Å². The number of aryl methyl sites for hydroxylation is 2. The summed E-state index contributed by atoms with van der Waals surface area (Å²) in [4.78, 5) is 0. The average Bonchev–Trinajstić information content (AvgIpc) is 2.38. The third kappa shape index (κ3) is 1.19. The SMILES string of the molecule is [3H]c1c(C)n(P)c2c(C)c(C)ccc12. The van der Waals surface area contributed by atoms with E-state index in [9.17, 15) is 0 Å². The molecule has 2 aromatic rings. The molecule has 0 aliphatic heterocycles. The van der Waals surface area contributed by atoms with Crippen LogP contribution in [0.1, 0.15) is 18.2 Å². The van der Waals surface area contributed by atoms with Gasteiger partial charge in [0, 0.05) is 11.1 Å². The van der Waals surface area contributed by atoms with Crippen molar-refractivity contribution in [2.24, 2.45) is 0 Å². The highest BCUT2D eigenvalue weighted by atomic mass is 31.0. The van der Waals surface area contributed by atoms with E-state index in [-0.39, 0.29) is 0 Å². The summed E-state index contributed by atoms with van der Waals surface area (Å²) in [6.45, 7) is 6.19. The fourth-order valence-corrected chi connectivity index (χ4v) is 2.03. The Hall–Kier alpha value is -0.810. The lowest BCUT2D eigenvalue weighted by Crippen LogP contribution is -1.87. The van der Waals surface area contributed by atoms with E-state index in [1.165, 1.54) is 11.1 Å². The zero-order valence-corrected chi connectivity index (χ0v) is 9.33. The summed E-state index contributed by atoms with van der Waals surface area (Å²) < 4.78 is 9.97. The van der Waals surface area contributed by atoms with Gasteiger partial charge in [0.2, 0.25) is 0 Å². The van der Waals surface area contributed by atoms with Crippen LogP contribution < -0.4 is 0 Å². The van der Waals surface area contributed by atoms with Crippen LogP contribution in [0.25, 0.3) is 10.9 Å². The van der Waals surface area contributed by atoms with Gasteiger partial charge in [0.1, 0.15) is 0 Å². The highest BCUT2D eigenvalue weighted by Gasteiger charge is 2.05. The summed E-state index contributed by atoms with van der Waals surface area (Å²) in [6, 6.07) is 4.76. The molecule has 0 fully saturated rings. The first kappa shape index (κ1) is 7.58. The third-order valence-electron chi connectivity index (χ3n) is 2.62. The summed E-state index contributed by atoms with van der Waals surface area (Å²) in [5, 5.41) is 1.04. The Morgan fingerprint density at radius 1 is 1.31 bits per heavy atom. The second-order valence-electron chi connectivity index (χ2n) is 3.48. The Labute approximate surface area is 82.4 Å². The zero-order chi connectivity index (χ0) is 10.5. The highest BCUT2D eigenvalue weighted by Crippen LogP contribution is 2.26. The van der Waals surface area contributed by atoms with Gasteiger partial charge in [0.25, 0.3) is 0 Å². The number of fused-ring (bicyclic) bond motifs is 1. The van der Waals surface area contributed by atoms with Crippen LogP contribution in [0.2, 0.25) is 0 Å². The number of hydrogen-bond acceptors (Lipinski definition) is 0. The van der Waals surface area contributed by atoms with Crippen LogP contribution in [0.4, 0.5) is 0 Å². The van der Waals surface area contributed by atoms with Crippen molar-refractivity contribution >= 4 is 20.3 Å². The molecule has 0 amide bonds. The van der Waals surface area contributed by atoms with Gasteiger partial charge in [-0.05, 0) is 47.3 Å². The number of nitrogens with zero attached hydrogens (tertiary/aromatic N) is 1. The minimum Gasteiger partial charge on any atom is -0.329 e. The van der Waals surface area contributed by atoms with Gasteiger partial charge >= 0.3 is 0 Å². The Kier molecular flexibility index (Phi) is 1.66. The highest BCUT2D eigenvalue weighted by molar-refractivity contribution is 7.15. The minimum absolute atomic E-state index is 0.637. The molecule has 0 radical (unpaired) electrons. The molecule has 1 heterocycles. The number of benzene rings is 1. The molecule has 1 aromatic carbocycles. The largest absolute Gasteiger partial charge is 0.329 e. The first-order valence-corrected chi connectivity index (χ1v) is 4.88. The van der Waals surface area contributed by atoms with Crippen molar-refractivity contribution in [1.82, 2.24) is 4.34 Å². The molecule has 1 aromatic heterocycles. The van der Waals surface area contributed by atoms with Crippen LogP contribution in [-0.4, -0.2) is 4.34 Å². The Morgan fingerprint density at radius 3 is 2.69 bits per heavy atom. The number of hydrogen-bond donors (Lipinski definition) is 0. The molecular formula is C11H14NP. The first-order valence-electron chi connectivity index (χ1n) is 4.87. The molecule has 0 aliphatic carbocycles. The summed E-state index contributed by atoms with van der Waals surface area (Å²) in [5.41, 5.74) is 4.70. The molecule has 0 spiro atoms. The van der Waals surface area contributed by atoms with Gasteiger partial charge in [0.15, 0.2) is 0 Å². The number of rotatable bonds is 0. The van der Waals surface area contributed by atoms with Crippen LogP contribution in [0, 0.1) is 20.8 Å². The molecule has 1 unspecified atom stereocenters. The molecule has 0 aliphatic rings. The fourth-order valence-electron chi connectivity index (χ4n) is 1.64. The van der Waals surface area contributed by atoms with Gasteiger partial charge in [-0.3, -0.25) is 0 Å². The second kappa shape index (κ2) is 2.85. The van der Waals surface area contributed by atoms with Crippen molar-refractivity contribution in [3.05, 3.63) is 35.0 Å². The van der Waals surface area contributed by atoms with E-state index in [1.807, 2.05) is 17.3 Å². The van der Waals surface area contributed by atoms with E-state index in [2.05, 4.69) is 29.3 Å². The van der Waals surface area contributed by atoms with Gasteiger partial charge in [-0.15, -0.1) is 0 Å². The van der Waals surface area contributed by atoms with Crippen molar-refractivity contribution < 1.29 is 1.37 Å². The lowest BCUT2D eigenvalue weighted by atomic mass is 10.1. The van der Waals surface area contributed by atoms with Crippen LogP contribution >= 0.6 is 9.39 Å². The van der Waals surface area contributed by atoms with E-state index in [1.54, 1.807) is 0 Å². The van der Waals surface area contributed by atoms with Gasteiger partial charge in [-0.25, -0.2) is 0 Å². The molecule has 2 heteroatoms. The summed E-state index contributed by atoms with van der Waals surface area (Å²) >= 11 is 0. The molecule has 2 rings (SSSR count). The van der Waals surface area contributed by atoms with Gasteiger partial charge in [-0.2, -0.15) is 0 Å². The normalized spacial score (nSPS) is 12.2. The van der Waals surface area contributed by atoms with Crippen molar-refractivity contribution in [3.63, 3.8) is 0 Å². The first-order chi connectivity index (χ1) is 6.54. The number of aromatic nitrogens is 1. The average molecular weight is 193 g/mol. The maximum Gasteiger partial charge on any atom is 0.0648 e. The minimum atomic E-state index is 0.637. The Bertz CT molecular complexity index is 514. The van der Waals surface area contributed by atoms with E-state index >= 15 is 0 Å². The molecule has 0 N–H and O–H groups in total. The predicted molar refractivity (Wildman–Crippen MR) is 61.3 cm³/mol. The van der Waals surface area contributed by atoms with Crippen LogP contribution in [0.5, 0.6) is 0 Å². The van der Waals surface area contributed by atoms with E-state index in [4.69, 9.17) is 1.37 Å². The molecule has 1 nitrogen and oxygen atoms in total. The topological polar surface area (TPSA) is 4.93 Å². The fraction of sp³-hybridized carbons (Fsp3) is 0.273. The van der Waals surface area contributed by atoms with Crippen molar-refractivity contribution in [2.45, 2.75) is 20.8 Å². The molecule has 1 atom stereocenters. The standard InChI is InChI=1S/C11H14NP/c1-7-4-5-10-6-8(2)12(13)11(10)9(7)3/h4-6H,13H2,1-3H3/i6T. The summed E-state index contributed by atoms with van der Waals surface area (Å²) in [6.07, 6.45) is 0. The van der Waals surface area contributed by atoms with Gasteiger partial charge in [-0.1, -0.05) is 12.1 Å². The predicted octanol–water partition coefficient (Wildman–Crippen LogP) is 3.20. The smallest absolute Gasteiger partial charge is 0.0648 e. The van der Waals surface area contributed by atoms with Crippen molar-refractivity contribution in [2.75, 3.05) is 0 Å². The maximum absolute atomic E-state index is 7.94. The van der Waals surface area contributed by atoms with Crippen LogP contribution in [0.3, 0.4) is 0 Å². The lowest BCUT2D eigenvalue weighted by molar-refractivity contribution is 1.20. The summed E-state index contributed by atoms with van der Waals surface area (Å²) in [7, 11) is 2.68. The molecule has 68 valence electrons. The Morgan fingerprint density at radius 2 is 2.00 bits per heavy atom. The quantitative estimate of drug-likeness (QED) is 0.566. The Balaban J connectivity index is 3.03. The van der Waals surface area contributed by atoms with Crippen LogP contribution in [0.15, 0.2) is 18.2 Å². The monoisotopic (exact) mass is 193 g/mol. The van der Waals surface area contributed by atoms with Crippen molar-refractivity contribution in [3.8, 4) is 0 Å². The molecular weight excluding hydrogens is 177 g/mol. The van der Waals surface area contributed by atoms with E-state index < -0.39 is 0 Å². The van der Waals surface area contributed by atoms with Gasteiger partial charge < -0.3 is 4.34 Å². The lowest BCUT2D eigenvalue weighted by Gasteiger charge is -2.04. The van der Waals surface area contributed by atoms with Crippen molar-refractivity contribution in [1.29, 1.82) is 0 Å².